The second kappa shape index (κ2) is 5.66. The summed E-state index contributed by atoms with van der Waals surface area (Å²) < 4.78 is 0. The van der Waals surface area contributed by atoms with Crippen molar-refractivity contribution in [2.45, 2.75) is 26.3 Å². The number of nitro groups is 1. The predicted octanol–water partition coefficient (Wildman–Crippen LogP) is 1.72. The molecular formula is C14H19N5O2. The van der Waals surface area contributed by atoms with Crippen LogP contribution < -0.4 is 4.90 Å². The molecule has 0 unspecified atom stereocenters. The van der Waals surface area contributed by atoms with Gasteiger partial charge >= 0.3 is 5.69 Å². The average molecular weight is 289 g/mol. The van der Waals surface area contributed by atoms with E-state index in [2.05, 4.69) is 16.0 Å². The third kappa shape index (κ3) is 3.11. The van der Waals surface area contributed by atoms with Crippen LogP contribution in [0.2, 0.25) is 0 Å². The maximum absolute atomic E-state index is 11.2. The lowest BCUT2D eigenvalue weighted by atomic mass is 10.0. The molecule has 1 aliphatic rings. The summed E-state index contributed by atoms with van der Waals surface area (Å²) in [6.07, 6.45) is 1.65. The largest absolute Gasteiger partial charge is 0.348 e. The SMILES string of the molecule is Cc1cnc(N2CCN(C(C)(C)C#N)CC2)c([N+](=O)[O-])c1. The van der Waals surface area contributed by atoms with E-state index in [1.165, 1.54) is 0 Å². The first-order valence-corrected chi connectivity index (χ1v) is 6.87. The van der Waals surface area contributed by atoms with Gasteiger partial charge in [-0.05, 0) is 26.3 Å². The van der Waals surface area contributed by atoms with Crippen LogP contribution in [0, 0.1) is 28.4 Å². The maximum Gasteiger partial charge on any atom is 0.311 e. The Kier molecular flexibility index (Phi) is 4.09. The molecule has 7 nitrogen and oxygen atoms in total. The van der Waals surface area contributed by atoms with Crippen molar-refractivity contribution in [3.8, 4) is 6.07 Å². The van der Waals surface area contributed by atoms with Crippen molar-refractivity contribution in [3.63, 3.8) is 0 Å². The minimum absolute atomic E-state index is 0.0444. The molecule has 0 aromatic carbocycles. The van der Waals surface area contributed by atoms with E-state index in [9.17, 15) is 10.1 Å². The highest BCUT2D eigenvalue weighted by Gasteiger charge is 2.32. The molecule has 1 aromatic heterocycles. The first-order chi connectivity index (χ1) is 9.85. The van der Waals surface area contributed by atoms with Crippen molar-refractivity contribution in [2.75, 3.05) is 31.1 Å². The van der Waals surface area contributed by atoms with E-state index in [4.69, 9.17) is 5.26 Å². The molecular weight excluding hydrogens is 270 g/mol. The smallest absolute Gasteiger partial charge is 0.311 e. The molecule has 21 heavy (non-hydrogen) atoms. The minimum atomic E-state index is -0.515. The summed E-state index contributed by atoms with van der Waals surface area (Å²) >= 11 is 0. The second-order valence-electron chi connectivity index (χ2n) is 5.76. The Labute approximate surface area is 123 Å². The third-order valence-corrected chi connectivity index (χ3v) is 3.82. The first kappa shape index (κ1) is 15.2. The molecule has 2 heterocycles. The molecule has 2 rings (SSSR count). The lowest BCUT2D eigenvalue weighted by Gasteiger charge is -2.40. The lowest BCUT2D eigenvalue weighted by molar-refractivity contribution is -0.384. The van der Waals surface area contributed by atoms with Gasteiger partial charge in [-0.2, -0.15) is 5.26 Å². The van der Waals surface area contributed by atoms with Crippen LogP contribution in [0.25, 0.3) is 0 Å². The molecule has 0 radical (unpaired) electrons. The molecule has 0 spiro atoms. The number of hydrogen-bond acceptors (Lipinski definition) is 6. The number of pyridine rings is 1. The Balaban J connectivity index is 2.17. The highest BCUT2D eigenvalue weighted by molar-refractivity contribution is 5.58. The fraction of sp³-hybridized carbons (Fsp3) is 0.571. The molecule has 1 saturated heterocycles. The molecule has 1 aliphatic heterocycles. The van der Waals surface area contributed by atoms with Crippen LogP contribution in [0.4, 0.5) is 11.5 Å². The van der Waals surface area contributed by atoms with Crippen molar-refractivity contribution >= 4 is 11.5 Å². The minimum Gasteiger partial charge on any atom is -0.348 e. The van der Waals surface area contributed by atoms with Crippen molar-refractivity contribution < 1.29 is 4.92 Å². The number of hydrogen-bond donors (Lipinski definition) is 0. The average Bonchev–Trinajstić information content (AvgIpc) is 2.47. The van der Waals surface area contributed by atoms with E-state index < -0.39 is 5.54 Å². The van der Waals surface area contributed by atoms with Crippen LogP contribution in [0.1, 0.15) is 19.4 Å². The summed E-state index contributed by atoms with van der Waals surface area (Å²) in [7, 11) is 0. The number of piperazine rings is 1. The van der Waals surface area contributed by atoms with Crippen molar-refractivity contribution in [1.82, 2.24) is 9.88 Å². The Morgan fingerprint density at radius 3 is 2.52 bits per heavy atom. The van der Waals surface area contributed by atoms with Crippen LogP contribution in [0.15, 0.2) is 12.3 Å². The fourth-order valence-corrected chi connectivity index (χ4v) is 2.47. The van der Waals surface area contributed by atoms with Gasteiger partial charge in [0.2, 0.25) is 5.82 Å². The number of aryl methyl sites for hydroxylation is 1. The van der Waals surface area contributed by atoms with Gasteiger partial charge in [-0.3, -0.25) is 15.0 Å². The van der Waals surface area contributed by atoms with Gasteiger partial charge in [0.05, 0.1) is 11.0 Å². The van der Waals surface area contributed by atoms with Crippen LogP contribution in [-0.4, -0.2) is 46.5 Å². The van der Waals surface area contributed by atoms with Crippen molar-refractivity contribution in [3.05, 3.63) is 27.9 Å². The normalized spacial score (nSPS) is 16.6. The summed E-state index contributed by atoms with van der Waals surface area (Å²) in [5.41, 5.74) is 0.302. The molecule has 1 fully saturated rings. The number of rotatable bonds is 3. The zero-order valence-electron chi connectivity index (χ0n) is 12.5. The van der Waals surface area contributed by atoms with Gasteiger partial charge in [0.25, 0.3) is 0 Å². The zero-order chi connectivity index (χ0) is 15.6. The zero-order valence-corrected chi connectivity index (χ0v) is 12.5. The molecule has 0 saturated carbocycles. The highest BCUT2D eigenvalue weighted by atomic mass is 16.6. The molecule has 1 aromatic rings. The van der Waals surface area contributed by atoms with Crippen LogP contribution in [-0.2, 0) is 0 Å². The number of anilines is 1. The highest BCUT2D eigenvalue weighted by Crippen LogP contribution is 2.28. The van der Waals surface area contributed by atoms with Gasteiger partial charge in [0.1, 0.15) is 5.54 Å². The van der Waals surface area contributed by atoms with Gasteiger partial charge in [-0.15, -0.1) is 0 Å². The molecule has 0 aliphatic carbocycles. The third-order valence-electron chi connectivity index (χ3n) is 3.82. The van der Waals surface area contributed by atoms with E-state index in [1.807, 2.05) is 18.7 Å². The number of nitriles is 1. The summed E-state index contributed by atoms with van der Waals surface area (Å²) in [4.78, 5) is 19.0. The van der Waals surface area contributed by atoms with Gasteiger partial charge in [-0.25, -0.2) is 4.98 Å². The Hall–Kier alpha value is -2.20. The molecule has 112 valence electrons. The maximum atomic E-state index is 11.2. The molecule has 7 heteroatoms. The van der Waals surface area contributed by atoms with Crippen LogP contribution >= 0.6 is 0 Å². The summed E-state index contributed by atoms with van der Waals surface area (Å²) in [5.74, 6) is 0.417. The van der Waals surface area contributed by atoms with E-state index in [0.717, 1.165) is 5.56 Å². The predicted molar refractivity (Wildman–Crippen MR) is 79.1 cm³/mol. The molecule has 0 N–H and O–H groups in total. The molecule has 0 amide bonds. The van der Waals surface area contributed by atoms with Gasteiger partial charge < -0.3 is 4.90 Å². The molecule has 0 atom stereocenters. The molecule has 0 bridgehead atoms. The van der Waals surface area contributed by atoms with Gasteiger partial charge in [0.15, 0.2) is 0 Å². The van der Waals surface area contributed by atoms with Crippen molar-refractivity contribution in [1.29, 1.82) is 5.26 Å². The van der Waals surface area contributed by atoms with Gasteiger partial charge in [-0.1, -0.05) is 0 Å². The summed E-state index contributed by atoms with van der Waals surface area (Å²) in [6, 6.07) is 3.84. The van der Waals surface area contributed by atoms with Crippen LogP contribution in [0.5, 0.6) is 0 Å². The Morgan fingerprint density at radius 1 is 1.38 bits per heavy atom. The van der Waals surface area contributed by atoms with E-state index in [0.29, 0.717) is 32.0 Å². The van der Waals surface area contributed by atoms with E-state index in [-0.39, 0.29) is 10.6 Å². The number of nitrogens with zero attached hydrogens (tertiary/aromatic N) is 5. The Morgan fingerprint density at radius 2 is 2.00 bits per heavy atom. The fourth-order valence-electron chi connectivity index (χ4n) is 2.47. The monoisotopic (exact) mass is 289 g/mol. The Bertz CT molecular complexity index is 586. The van der Waals surface area contributed by atoms with Gasteiger partial charge in [0, 0.05) is 38.4 Å². The summed E-state index contributed by atoms with van der Waals surface area (Å²) in [5, 5.41) is 20.3. The standard InChI is InChI=1S/C14H19N5O2/c1-11-8-12(19(20)21)13(16-9-11)17-4-6-18(7-5-17)14(2,3)10-15/h8-9H,4-7H2,1-3H3. The lowest BCUT2D eigenvalue weighted by Crippen LogP contribution is -2.54. The quantitative estimate of drug-likeness (QED) is 0.622. The topological polar surface area (TPSA) is 86.3 Å². The van der Waals surface area contributed by atoms with Crippen LogP contribution in [0.3, 0.4) is 0 Å². The van der Waals surface area contributed by atoms with E-state index in [1.54, 1.807) is 19.2 Å². The first-order valence-electron chi connectivity index (χ1n) is 6.87. The van der Waals surface area contributed by atoms with Crippen molar-refractivity contribution in [2.24, 2.45) is 0 Å². The second-order valence-corrected chi connectivity index (χ2v) is 5.76. The number of aromatic nitrogens is 1. The van der Waals surface area contributed by atoms with E-state index >= 15 is 0 Å². The summed E-state index contributed by atoms with van der Waals surface area (Å²) in [6.45, 7) is 8.19.